The lowest BCUT2D eigenvalue weighted by Gasteiger charge is -2.34. The third-order valence-electron chi connectivity index (χ3n) is 6.24. The number of hydrogen-bond acceptors (Lipinski definition) is 4. The van der Waals surface area contributed by atoms with Crippen LogP contribution in [0.4, 0.5) is 0 Å². The van der Waals surface area contributed by atoms with Gasteiger partial charge in [0.25, 0.3) is 0 Å². The smallest absolute Gasteiger partial charge is 0.110 e. The molecule has 0 aliphatic heterocycles. The predicted molar refractivity (Wildman–Crippen MR) is 111 cm³/mol. The van der Waals surface area contributed by atoms with Gasteiger partial charge in [0, 0.05) is 13.2 Å². The van der Waals surface area contributed by atoms with Crippen LogP contribution >= 0.6 is 0 Å². The van der Waals surface area contributed by atoms with Crippen molar-refractivity contribution in [3.8, 4) is 0 Å². The fraction of sp³-hybridized carbons (Fsp3) is 0.583. The number of hydrogen-bond donors (Lipinski definition) is 3. The van der Waals surface area contributed by atoms with Gasteiger partial charge in [-0.1, -0.05) is 60.6 Å². The van der Waals surface area contributed by atoms with Gasteiger partial charge in [-0.2, -0.15) is 0 Å². The van der Waals surface area contributed by atoms with Crippen LogP contribution in [-0.2, 0) is 4.74 Å². The van der Waals surface area contributed by atoms with Crippen LogP contribution < -0.4 is 0 Å². The highest BCUT2D eigenvalue weighted by molar-refractivity contribution is 5.29. The zero-order chi connectivity index (χ0) is 19.9. The summed E-state index contributed by atoms with van der Waals surface area (Å²) in [5.74, 6) is 1.06. The van der Waals surface area contributed by atoms with Crippen LogP contribution in [0.25, 0.3) is 0 Å². The van der Waals surface area contributed by atoms with E-state index in [1.165, 1.54) is 24.0 Å². The highest BCUT2D eigenvalue weighted by Gasteiger charge is 2.34. The second-order valence-corrected chi connectivity index (χ2v) is 8.22. The molecule has 0 radical (unpaired) electrons. The van der Waals surface area contributed by atoms with Crippen molar-refractivity contribution in [2.24, 2.45) is 5.92 Å². The number of allylic oxidation sites excluding steroid dienone is 3. The molecule has 0 unspecified atom stereocenters. The average Bonchev–Trinajstić information content (AvgIpc) is 2.70. The van der Waals surface area contributed by atoms with E-state index in [2.05, 4.69) is 49.4 Å². The first kappa shape index (κ1) is 21.3. The summed E-state index contributed by atoms with van der Waals surface area (Å²) in [6, 6.07) is 10.8. The SMILES string of the molecule is C[C@H]1/C(=C/C=C2C[C@@H](O)C(OCCCO)[C@H](O)C2)CCC[C@@H]1c1ccccc1. The quantitative estimate of drug-likeness (QED) is 0.652. The molecule has 2 saturated carbocycles. The summed E-state index contributed by atoms with van der Waals surface area (Å²) in [5.41, 5.74) is 3.95. The number of benzene rings is 1. The topological polar surface area (TPSA) is 69.9 Å². The molecular formula is C24H34O4. The van der Waals surface area contributed by atoms with Crippen molar-refractivity contribution in [2.45, 2.75) is 69.7 Å². The van der Waals surface area contributed by atoms with Crippen LogP contribution in [0.5, 0.6) is 0 Å². The van der Waals surface area contributed by atoms with Crippen molar-refractivity contribution < 1.29 is 20.1 Å². The van der Waals surface area contributed by atoms with E-state index in [0.717, 1.165) is 12.0 Å². The van der Waals surface area contributed by atoms with Gasteiger partial charge in [-0.05, 0) is 55.9 Å². The fourth-order valence-corrected chi connectivity index (χ4v) is 4.63. The molecule has 3 N–H and O–H groups in total. The third-order valence-corrected chi connectivity index (χ3v) is 6.24. The standard InChI is InChI=1S/C24H34O4/c1-17-19(9-5-10-21(17)20-7-3-2-4-8-20)12-11-18-15-22(26)24(23(27)16-18)28-14-6-13-25/h2-4,7-8,11-12,17,21-27H,5-6,9-10,13-16H2,1H3/b18-11?,19-12+/t17-,21-,22+,23+,24?/m0/s1. The lowest BCUT2D eigenvalue weighted by molar-refractivity contribution is -0.111. The molecule has 1 aromatic carbocycles. The summed E-state index contributed by atoms with van der Waals surface area (Å²) in [4.78, 5) is 0. The molecule has 0 aromatic heterocycles. The van der Waals surface area contributed by atoms with Crippen molar-refractivity contribution in [3.63, 3.8) is 0 Å². The van der Waals surface area contributed by atoms with E-state index < -0.39 is 18.3 Å². The number of aliphatic hydroxyl groups is 3. The zero-order valence-electron chi connectivity index (χ0n) is 16.8. The molecule has 4 nitrogen and oxygen atoms in total. The molecule has 0 heterocycles. The second-order valence-electron chi connectivity index (χ2n) is 8.22. The minimum atomic E-state index is -0.701. The molecular weight excluding hydrogens is 352 g/mol. The first-order chi connectivity index (χ1) is 13.6. The van der Waals surface area contributed by atoms with E-state index >= 15 is 0 Å². The molecule has 0 bridgehead atoms. The predicted octanol–water partition coefficient (Wildman–Crippen LogP) is 3.73. The minimum absolute atomic E-state index is 0.0554. The monoisotopic (exact) mass is 386 g/mol. The van der Waals surface area contributed by atoms with Crippen molar-refractivity contribution in [1.29, 1.82) is 0 Å². The maximum atomic E-state index is 10.4. The molecule has 3 rings (SSSR count). The molecule has 0 spiro atoms. The molecule has 1 aromatic rings. The van der Waals surface area contributed by atoms with Gasteiger partial charge in [0.05, 0.1) is 12.2 Å². The molecule has 2 aliphatic rings. The van der Waals surface area contributed by atoms with Crippen LogP contribution in [0.3, 0.4) is 0 Å². The van der Waals surface area contributed by atoms with Gasteiger partial charge < -0.3 is 20.1 Å². The Morgan fingerprint density at radius 3 is 2.46 bits per heavy atom. The van der Waals surface area contributed by atoms with Gasteiger partial charge in [0.1, 0.15) is 6.10 Å². The fourth-order valence-electron chi connectivity index (χ4n) is 4.63. The van der Waals surface area contributed by atoms with Gasteiger partial charge >= 0.3 is 0 Å². The largest absolute Gasteiger partial charge is 0.396 e. The summed E-state index contributed by atoms with van der Waals surface area (Å²) >= 11 is 0. The van der Waals surface area contributed by atoms with Gasteiger partial charge in [-0.15, -0.1) is 0 Å². The lowest BCUT2D eigenvalue weighted by Crippen LogP contribution is -2.44. The molecule has 0 amide bonds. The Kier molecular flexibility index (Phi) is 7.86. The molecule has 28 heavy (non-hydrogen) atoms. The van der Waals surface area contributed by atoms with Crippen LogP contribution in [0.2, 0.25) is 0 Å². The first-order valence-electron chi connectivity index (χ1n) is 10.6. The van der Waals surface area contributed by atoms with Crippen LogP contribution in [-0.4, -0.2) is 46.8 Å². The Bertz CT molecular complexity index is 652. The maximum Gasteiger partial charge on any atom is 0.110 e. The molecule has 2 fully saturated rings. The molecule has 4 heteroatoms. The van der Waals surface area contributed by atoms with Crippen molar-refractivity contribution in [3.05, 3.63) is 59.2 Å². The Morgan fingerprint density at radius 1 is 1.07 bits per heavy atom. The highest BCUT2D eigenvalue weighted by Crippen LogP contribution is 2.41. The van der Waals surface area contributed by atoms with E-state index in [9.17, 15) is 10.2 Å². The summed E-state index contributed by atoms with van der Waals surface area (Å²) in [7, 11) is 0. The molecule has 0 saturated heterocycles. The summed E-state index contributed by atoms with van der Waals surface area (Å²) in [6.45, 7) is 2.73. The molecule has 2 aliphatic carbocycles. The summed E-state index contributed by atoms with van der Waals surface area (Å²) in [6.07, 6.45) is 7.48. The summed E-state index contributed by atoms with van der Waals surface area (Å²) in [5, 5.41) is 29.6. The molecule has 154 valence electrons. The van der Waals surface area contributed by atoms with Crippen LogP contribution in [0.15, 0.2) is 53.6 Å². The Morgan fingerprint density at radius 2 is 1.79 bits per heavy atom. The van der Waals surface area contributed by atoms with E-state index in [-0.39, 0.29) is 6.61 Å². The Balaban J connectivity index is 1.64. The van der Waals surface area contributed by atoms with E-state index in [0.29, 0.717) is 37.7 Å². The number of aliphatic hydroxyl groups excluding tert-OH is 3. The zero-order valence-corrected chi connectivity index (χ0v) is 16.8. The number of rotatable bonds is 6. The Labute approximate surface area is 168 Å². The van der Waals surface area contributed by atoms with Gasteiger partial charge in [0.2, 0.25) is 0 Å². The maximum absolute atomic E-state index is 10.4. The van der Waals surface area contributed by atoms with Crippen molar-refractivity contribution >= 4 is 0 Å². The van der Waals surface area contributed by atoms with Crippen molar-refractivity contribution in [2.75, 3.05) is 13.2 Å². The van der Waals surface area contributed by atoms with Crippen molar-refractivity contribution in [1.82, 2.24) is 0 Å². The number of ether oxygens (including phenoxy) is 1. The van der Waals surface area contributed by atoms with Crippen LogP contribution in [0.1, 0.15) is 56.9 Å². The van der Waals surface area contributed by atoms with E-state index in [1.807, 2.05) is 0 Å². The van der Waals surface area contributed by atoms with E-state index in [4.69, 9.17) is 9.84 Å². The summed E-state index contributed by atoms with van der Waals surface area (Å²) < 4.78 is 5.57. The van der Waals surface area contributed by atoms with Gasteiger partial charge in [-0.25, -0.2) is 0 Å². The van der Waals surface area contributed by atoms with Gasteiger partial charge in [0.15, 0.2) is 0 Å². The normalized spacial score (nSPS) is 32.5. The third kappa shape index (κ3) is 5.32. The van der Waals surface area contributed by atoms with Gasteiger partial charge in [-0.3, -0.25) is 0 Å². The highest BCUT2D eigenvalue weighted by atomic mass is 16.5. The minimum Gasteiger partial charge on any atom is -0.396 e. The first-order valence-corrected chi connectivity index (χ1v) is 10.6. The van der Waals surface area contributed by atoms with Crippen LogP contribution in [0, 0.1) is 5.92 Å². The lowest BCUT2D eigenvalue weighted by atomic mass is 9.73. The second kappa shape index (κ2) is 10.4. The molecule has 4 atom stereocenters. The average molecular weight is 387 g/mol. The van der Waals surface area contributed by atoms with E-state index in [1.54, 1.807) is 0 Å². The Hall–Kier alpha value is -1.46.